The quantitative estimate of drug-likeness (QED) is 0.410. The molecule has 0 unspecified atom stereocenters. The first-order valence-corrected chi connectivity index (χ1v) is 12.0. The molecule has 0 radical (unpaired) electrons. The molecule has 1 aromatic carbocycles. The highest BCUT2D eigenvalue weighted by atomic mass is 32.1. The highest BCUT2D eigenvalue weighted by molar-refractivity contribution is 7.14. The van der Waals surface area contributed by atoms with Crippen LogP contribution in [0.15, 0.2) is 46.3 Å². The van der Waals surface area contributed by atoms with Gasteiger partial charge in [-0.05, 0) is 31.1 Å². The molecule has 0 bridgehead atoms. The van der Waals surface area contributed by atoms with Crippen LogP contribution < -0.4 is 10.2 Å². The van der Waals surface area contributed by atoms with Crippen molar-refractivity contribution in [2.24, 2.45) is 0 Å². The molecular weight excluding hydrogens is 438 g/mol. The topological polar surface area (TPSA) is 101 Å². The maximum absolute atomic E-state index is 12.9. The fourth-order valence-corrected chi connectivity index (χ4v) is 4.98. The van der Waals surface area contributed by atoms with Gasteiger partial charge in [-0.25, -0.2) is 4.98 Å². The van der Waals surface area contributed by atoms with Gasteiger partial charge in [-0.15, -0.1) is 11.3 Å². The normalized spacial score (nSPS) is 15.8. The summed E-state index contributed by atoms with van der Waals surface area (Å²) >= 11 is 1.35. The summed E-state index contributed by atoms with van der Waals surface area (Å²) in [7, 11) is 0. The number of anilines is 2. The van der Waals surface area contributed by atoms with Crippen LogP contribution in [0.3, 0.4) is 0 Å². The molecule has 33 heavy (non-hydrogen) atoms. The molecule has 0 saturated heterocycles. The summed E-state index contributed by atoms with van der Waals surface area (Å²) in [4.78, 5) is 35.6. The molecule has 172 valence electrons. The zero-order valence-corrected chi connectivity index (χ0v) is 19.6. The molecule has 1 aliphatic rings. The Labute approximate surface area is 196 Å². The van der Waals surface area contributed by atoms with Crippen molar-refractivity contribution >= 4 is 40.0 Å². The Bertz CT molecular complexity index is 1130. The average molecular weight is 466 g/mol. The minimum absolute atomic E-state index is 0.130. The minimum atomic E-state index is -0.623. The molecule has 2 amide bonds. The van der Waals surface area contributed by atoms with E-state index < -0.39 is 5.54 Å². The van der Waals surface area contributed by atoms with Crippen molar-refractivity contribution in [2.75, 3.05) is 4.90 Å². The van der Waals surface area contributed by atoms with E-state index in [0.29, 0.717) is 22.5 Å². The lowest BCUT2D eigenvalue weighted by molar-refractivity contribution is -0.119. The first kappa shape index (κ1) is 22.8. The smallest absolute Gasteiger partial charge is 0.244 e. The minimum Gasteiger partial charge on any atom is -0.340 e. The zero-order chi connectivity index (χ0) is 23.3. The number of benzene rings is 1. The number of aromatic nitrogens is 3. The number of carbonyl (C=O) groups is 2. The highest BCUT2D eigenvalue weighted by Crippen LogP contribution is 2.35. The first-order chi connectivity index (χ1) is 16.0. The van der Waals surface area contributed by atoms with Crippen LogP contribution in [-0.2, 0) is 15.1 Å². The maximum atomic E-state index is 12.9. The predicted octanol–water partition coefficient (Wildman–Crippen LogP) is 4.90. The molecule has 1 aliphatic carbocycles. The van der Waals surface area contributed by atoms with E-state index in [-0.39, 0.29) is 11.8 Å². The van der Waals surface area contributed by atoms with Crippen molar-refractivity contribution in [1.82, 2.24) is 20.4 Å². The van der Waals surface area contributed by atoms with E-state index in [2.05, 4.69) is 20.4 Å². The second kappa shape index (κ2) is 10.1. The average Bonchev–Trinajstić information content (AvgIpc) is 3.38. The molecule has 2 aromatic heterocycles. The Balaban J connectivity index is 1.50. The third-order valence-corrected chi connectivity index (χ3v) is 6.56. The van der Waals surface area contributed by atoms with E-state index in [1.54, 1.807) is 17.9 Å². The van der Waals surface area contributed by atoms with Gasteiger partial charge in [-0.1, -0.05) is 49.0 Å². The van der Waals surface area contributed by atoms with Gasteiger partial charge in [-0.3, -0.25) is 14.5 Å². The molecule has 9 heteroatoms. The summed E-state index contributed by atoms with van der Waals surface area (Å²) in [6.07, 6.45) is 8.92. The number of nitrogens with one attached hydrogen (secondary N) is 1. The molecule has 1 N–H and O–H groups in total. The van der Waals surface area contributed by atoms with Gasteiger partial charge in [0.25, 0.3) is 0 Å². The fourth-order valence-electron chi connectivity index (χ4n) is 4.13. The molecule has 3 aromatic rings. The summed E-state index contributed by atoms with van der Waals surface area (Å²) in [6, 6.07) is 9.36. The van der Waals surface area contributed by atoms with E-state index in [0.717, 1.165) is 44.2 Å². The van der Waals surface area contributed by atoms with E-state index in [9.17, 15) is 9.59 Å². The van der Waals surface area contributed by atoms with E-state index >= 15 is 0 Å². The summed E-state index contributed by atoms with van der Waals surface area (Å²) in [5, 5.41) is 9.64. The Morgan fingerprint density at radius 2 is 1.85 bits per heavy atom. The number of para-hydroxylation sites is 1. The highest BCUT2D eigenvalue weighted by Gasteiger charge is 2.38. The molecule has 8 nitrogen and oxygen atoms in total. The maximum Gasteiger partial charge on any atom is 0.244 e. The van der Waals surface area contributed by atoms with Gasteiger partial charge in [0, 0.05) is 25.3 Å². The van der Waals surface area contributed by atoms with Crippen LogP contribution in [0.4, 0.5) is 10.8 Å². The Morgan fingerprint density at radius 3 is 2.48 bits per heavy atom. The number of hydrogen-bond donors (Lipinski definition) is 1. The third-order valence-electron chi connectivity index (χ3n) is 5.71. The van der Waals surface area contributed by atoms with Crippen molar-refractivity contribution < 1.29 is 14.1 Å². The monoisotopic (exact) mass is 465 g/mol. The molecule has 0 spiro atoms. The lowest BCUT2D eigenvalue weighted by atomic mass is 9.89. The van der Waals surface area contributed by atoms with E-state index in [1.165, 1.54) is 24.3 Å². The van der Waals surface area contributed by atoms with Crippen molar-refractivity contribution in [3.63, 3.8) is 0 Å². The molecule has 1 fully saturated rings. The summed E-state index contributed by atoms with van der Waals surface area (Å²) < 4.78 is 5.20. The second-order valence-electron chi connectivity index (χ2n) is 8.20. The summed E-state index contributed by atoms with van der Waals surface area (Å²) in [6.45, 7) is 3.26. The number of thiazole rings is 1. The van der Waals surface area contributed by atoms with Gasteiger partial charge in [0.15, 0.2) is 11.0 Å². The molecule has 1 saturated carbocycles. The van der Waals surface area contributed by atoms with Crippen molar-refractivity contribution in [1.29, 1.82) is 0 Å². The number of aryl methyl sites for hydroxylation is 1. The number of hydrogen-bond acceptors (Lipinski definition) is 7. The zero-order valence-electron chi connectivity index (χ0n) is 18.8. The lowest BCUT2D eigenvalue weighted by Gasteiger charge is -2.30. The molecule has 4 rings (SSSR count). The number of rotatable bonds is 6. The predicted molar refractivity (Wildman–Crippen MR) is 127 cm³/mol. The summed E-state index contributed by atoms with van der Waals surface area (Å²) in [5.41, 5.74) is 0.734. The van der Waals surface area contributed by atoms with Crippen molar-refractivity contribution in [3.05, 3.63) is 59.2 Å². The second-order valence-corrected chi connectivity index (χ2v) is 9.04. The van der Waals surface area contributed by atoms with Crippen molar-refractivity contribution in [2.45, 2.75) is 57.9 Å². The van der Waals surface area contributed by atoms with Crippen LogP contribution in [-0.4, -0.2) is 26.9 Å². The third kappa shape index (κ3) is 5.36. The Kier molecular flexibility index (Phi) is 6.98. The van der Waals surface area contributed by atoms with Gasteiger partial charge in [-0.2, -0.15) is 4.98 Å². The Morgan fingerprint density at radius 1 is 1.12 bits per heavy atom. The van der Waals surface area contributed by atoms with Crippen LogP contribution in [0.2, 0.25) is 0 Å². The molecular formula is C24H27N5O3S. The van der Waals surface area contributed by atoms with Crippen LogP contribution in [0.25, 0.3) is 6.08 Å². The standard InChI is InChI=1S/C24H27N5O3S/c1-17-25-22(28-32-17)24(14-8-3-4-9-15-24)27-21(31)13-12-19-16-33-23(26-19)29(18(2)30)20-10-6-5-7-11-20/h5-7,10-13,16H,3-4,8-9,14-15H2,1-2H3,(H,27,31). The van der Waals surface area contributed by atoms with Gasteiger partial charge in [0.2, 0.25) is 17.7 Å². The fraction of sp³-hybridized carbons (Fsp3) is 0.375. The van der Waals surface area contributed by atoms with Crippen LogP contribution in [0, 0.1) is 6.92 Å². The lowest BCUT2D eigenvalue weighted by Crippen LogP contribution is -2.45. The molecule has 0 atom stereocenters. The van der Waals surface area contributed by atoms with Crippen LogP contribution >= 0.6 is 11.3 Å². The summed E-state index contributed by atoms with van der Waals surface area (Å²) in [5.74, 6) is 0.663. The number of nitrogens with zero attached hydrogens (tertiary/aromatic N) is 4. The van der Waals surface area contributed by atoms with Gasteiger partial charge < -0.3 is 9.84 Å². The van der Waals surface area contributed by atoms with Crippen molar-refractivity contribution in [3.8, 4) is 0 Å². The number of amides is 2. The van der Waals surface area contributed by atoms with Gasteiger partial charge >= 0.3 is 0 Å². The Hall–Kier alpha value is -3.33. The molecule has 0 aliphatic heterocycles. The van der Waals surface area contributed by atoms with E-state index in [4.69, 9.17) is 4.52 Å². The molecule has 2 heterocycles. The van der Waals surface area contributed by atoms with E-state index in [1.807, 2.05) is 35.7 Å². The largest absolute Gasteiger partial charge is 0.340 e. The van der Waals surface area contributed by atoms with Gasteiger partial charge in [0.05, 0.1) is 11.4 Å². The van der Waals surface area contributed by atoms with Gasteiger partial charge in [0.1, 0.15) is 5.54 Å². The van der Waals surface area contributed by atoms with Crippen LogP contribution in [0.5, 0.6) is 0 Å². The SMILES string of the molecule is CC(=O)N(c1ccccc1)c1nc(C=CC(=O)NC2(c3noc(C)n3)CCCCCC2)cs1. The number of carbonyl (C=O) groups excluding carboxylic acids is 2. The van der Waals surface area contributed by atoms with Crippen LogP contribution in [0.1, 0.15) is 62.9 Å². The first-order valence-electron chi connectivity index (χ1n) is 11.1.